The first kappa shape index (κ1) is 14.3. The van der Waals surface area contributed by atoms with Crippen molar-refractivity contribution in [3.63, 3.8) is 0 Å². The van der Waals surface area contributed by atoms with Crippen molar-refractivity contribution < 1.29 is 5.11 Å². The number of aliphatic hydroxyl groups excluding tert-OH is 1. The number of aliphatic hydroxyl groups is 1. The first-order valence-corrected chi connectivity index (χ1v) is 7.81. The predicted molar refractivity (Wildman–Crippen MR) is 86.0 cm³/mol. The van der Waals surface area contributed by atoms with E-state index in [1.165, 1.54) is 24.0 Å². The lowest BCUT2D eigenvalue weighted by Gasteiger charge is -2.25. The van der Waals surface area contributed by atoms with Crippen LogP contribution in [0.15, 0.2) is 60.7 Å². The fourth-order valence-electron chi connectivity index (χ4n) is 2.82. The first-order chi connectivity index (χ1) is 10.3. The van der Waals surface area contributed by atoms with Crippen molar-refractivity contribution in [1.82, 2.24) is 4.90 Å². The molecule has 1 N–H and O–H groups in total. The molecule has 2 heteroatoms. The van der Waals surface area contributed by atoms with E-state index in [0.29, 0.717) is 6.04 Å². The van der Waals surface area contributed by atoms with Crippen LogP contribution in [0.4, 0.5) is 0 Å². The number of rotatable bonds is 7. The summed E-state index contributed by atoms with van der Waals surface area (Å²) >= 11 is 0. The van der Waals surface area contributed by atoms with Crippen LogP contribution in [0.5, 0.6) is 0 Å². The van der Waals surface area contributed by atoms with Gasteiger partial charge in [-0.25, -0.2) is 0 Å². The van der Waals surface area contributed by atoms with Crippen LogP contribution in [-0.2, 0) is 13.0 Å². The van der Waals surface area contributed by atoms with Crippen LogP contribution in [-0.4, -0.2) is 28.7 Å². The Kier molecular flexibility index (Phi) is 4.69. The average Bonchev–Trinajstić information content (AvgIpc) is 3.33. The van der Waals surface area contributed by atoms with Crippen molar-refractivity contribution in [3.05, 3.63) is 71.8 Å². The molecule has 0 aromatic heterocycles. The van der Waals surface area contributed by atoms with Crippen LogP contribution >= 0.6 is 0 Å². The molecule has 21 heavy (non-hydrogen) atoms. The molecule has 0 heterocycles. The van der Waals surface area contributed by atoms with E-state index in [1.807, 2.05) is 18.2 Å². The summed E-state index contributed by atoms with van der Waals surface area (Å²) in [5, 5.41) is 10.4. The lowest BCUT2D eigenvalue weighted by molar-refractivity contribution is 0.104. The van der Waals surface area contributed by atoms with Gasteiger partial charge in [-0.05, 0) is 30.4 Å². The van der Waals surface area contributed by atoms with Crippen molar-refractivity contribution in [1.29, 1.82) is 0 Å². The molecule has 1 saturated carbocycles. The van der Waals surface area contributed by atoms with E-state index in [4.69, 9.17) is 0 Å². The summed E-state index contributed by atoms with van der Waals surface area (Å²) in [5.74, 6) is 0. The van der Waals surface area contributed by atoms with E-state index < -0.39 is 0 Å². The summed E-state index contributed by atoms with van der Waals surface area (Å²) in [6.45, 7) is 1.70. The second-order valence-corrected chi connectivity index (χ2v) is 5.99. The van der Waals surface area contributed by atoms with Gasteiger partial charge >= 0.3 is 0 Å². The summed E-state index contributed by atoms with van der Waals surface area (Å²) < 4.78 is 0. The Morgan fingerprint density at radius 1 is 0.905 bits per heavy atom. The number of hydrogen-bond acceptors (Lipinski definition) is 2. The summed E-state index contributed by atoms with van der Waals surface area (Å²) in [4.78, 5) is 2.43. The molecule has 0 amide bonds. The van der Waals surface area contributed by atoms with Gasteiger partial charge in [-0.3, -0.25) is 4.90 Å². The third-order valence-corrected chi connectivity index (χ3v) is 4.05. The molecule has 0 saturated heterocycles. The Balaban J connectivity index is 1.57. The normalized spacial score (nSPS) is 16.1. The maximum absolute atomic E-state index is 10.4. The van der Waals surface area contributed by atoms with Gasteiger partial charge in [0.25, 0.3) is 0 Å². The Labute approximate surface area is 127 Å². The van der Waals surface area contributed by atoms with Crippen LogP contribution in [0.2, 0.25) is 0 Å². The average molecular weight is 281 g/mol. The van der Waals surface area contributed by atoms with E-state index in [-0.39, 0.29) is 6.10 Å². The summed E-state index contributed by atoms with van der Waals surface area (Å²) in [6, 6.07) is 21.5. The van der Waals surface area contributed by atoms with Crippen molar-refractivity contribution >= 4 is 0 Å². The molecule has 2 nitrogen and oxygen atoms in total. The predicted octanol–water partition coefficient (Wildman–Crippen LogP) is 3.25. The third kappa shape index (κ3) is 4.42. The number of benzene rings is 2. The Bertz CT molecular complexity index is 536. The number of nitrogens with zero attached hydrogens (tertiary/aromatic N) is 1. The van der Waals surface area contributed by atoms with Crippen molar-refractivity contribution in [2.75, 3.05) is 6.54 Å². The molecule has 0 aliphatic heterocycles. The van der Waals surface area contributed by atoms with E-state index in [0.717, 1.165) is 19.5 Å². The van der Waals surface area contributed by atoms with Gasteiger partial charge in [0.2, 0.25) is 0 Å². The molecule has 2 aromatic rings. The standard InChI is InChI=1S/C19H23NO/c21-19(13-16-7-3-1-4-8-16)15-20(18-11-12-18)14-17-9-5-2-6-10-17/h1-10,18-19,21H,11-15H2. The van der Waals surface area contributed by atoms with Crippen LogP contribution in [0, 0.1) is 0 Å². The largest absolute Gasteiger partial charge is 0.391 e. The number of hydrogen-bond donors (Lipinski definition) is 1. The molecule has 110 valence electrons. The molecule has 0 bridgehead atoms. The third-order valence-electron chi connectivity index (χ3n) is 4.05. The Morgan fingerprint density at radius 3 is 2.05 bits per heavy atom. The zero-order valence-corrected chi connectivity index (χ0v) is 12.4. The fraction of sp³-hybridized carbons (Fsp3) is 0.368. The molecule has 1 aliphatic carbocycles. The lowest BCUT2D eigenvalue weighted by atomic mass is 10.1. The fourth-order valence-corrected chi connectivity index (χ4v) is 2.82. The molecule has 3 rings (SSSR count). The molecule has 1 fully saturated rings. The monoisotopic (exact) mass is 281 g/mol. The molecule has 0 radical (unpaired) electrons. The maximum atomic E-state index is 10.4. The van der Waals surface area contributed by atoms with Gasteiger partial charge in [-0.2, -0.15) is 0 Å². The van der Waals surface area contributed by atoms with Crippen molar-refractivity contribution in [2.45, 2.75) is 38.0 Å². The van der Waals surface area contributed by atoms with Gasteiger partial charge in [0, 0.05) is 19.1 Å². The lowest BCUT2D eigenvalue weighted by Crippen LogP contribution is -2.34. The minimum Gasteiger partial charge on any atom is -0.391 e. The highest BCUT2D eigenvalue weighted by atomic mass is 16.3. The molecular formula is C19H23NO. The molecule has 0 spiro atoms. The Hall–Kier alpha value is -1.64. The van der Waals surface area contributed by atoms with Crippen LogP contribution in [0.25, 0.3) is 0 Å². The summed E-state index contributed by atoms with van der Waals surface area (Å²) in [5.41, 5.74) is 2.54. The van der Waals surface area contributed by atoms with Gasteiger partial charge in [0.1, 0.15) is 0 Å². The molecule has 1 atom stereocenters. The van der Waals surface area contributed by atoms with Gasteiger partial charge in [0.05, 0.1) is 6.10 Å². The SMILES string of the molecule is OC(Cc1ccccc1)CN(Cc1ccccc1)C1CC1. The van der Waals surface area contributed by atoms with E-state index in [9.17, 15) is 5.11 Å². The molecule has 1 unspecified atom stereocenters. The van der Waals surface area contributed by atoms with Crippen LogP contribution in [0.3, 0.4) is 0 Å². The first-order valence-electron chi connectivity index (χ1n) is 7.81. The molecule has 1 aliphatic rings. The van der Waals surface area contributed by atoms with Gasteiger partial charge in [-0.15, -0.1) is 0 Å². The minimum absolute atomic E-state index is 0.295. The quantitative estimate of drug-likeness (QED) is 0.842. The zero-order valence-electron chi connectivity index (χ0n) is 12.4. The van der Waals surface area contributed by atoms with E-state index >= 15 is 0 Å². The highest BCUT2D eigenvalue weighted by Gasteiger charge is 2.30. The zero-order chi connectivity index (χ0) is 14.5. The van der Waals surface area contributed by atoms with Gasteiger partial charge in [0.15, 0.2) is 0 Å². The van der Waals surface area contributed by atoms with Crippen molar-refractivity contribution in [2.24, 2.45) is 0 Å². The summed E-state index contributed by atoms with van der Waals surface area (Å²) in [7, 11) is 0. The highest BCUT2D eigenvalue weighted by Crippen LogP contribution is 2.28. The minimum atomic E-state index is -0.295. The molecular weight excluding hydrogens is 258 g/mol. The molecule has 2 aromatic carbocycles. The highest BCUT2D eigenvalue weighted by molar-refractivity contribution is 5.16. The van der Waals surface area contributed by atoms with E-state index in [1.54, 1.807) is 0 Å². The van der Waals surface area contributed by atoms with Crippen molar-refractivity contribution in [3.8, 4) is 0 Å². The Morgan fingerprint density at radius 2 is 1.48 bits per heavy atom. The van der Waals surface area contributed by atoms with Crippen LogP contribution < -0.4 is 0 Å². The van der Waals surface area contributed by atoms with E-state index in [2.05, 4.69) is 47.4 Å². The van der Waals surface area contributed by atoms with Crippen LogP contribution in [0.1, 0.15) is 24.0 Å². The topological polar surface area (TPSA) is 23.5 Å². The second kappa shape index (κ2) is 6.88. The summed E-state index contributed by atoms with van der Waals surface area (Å²) in [6.07, 6.45) is 2.98. The maximum Gasteiger partial charge on any atom is 0.0707 e. The smallest absolute Gasteiger partial charge is 0.0707 e. The van der Waals surface area contributed by atoms with Gasteiger partial charge in [-0.1, -0.05) is 60.7 Å². The second-order valence-electron chi connectivity index (χ2n) is 5.99. The van der Waals surface area contributed by atoms with Gasteiger partial charge < -0.3 is 5.11 Å².